The Morgan fingerprint density at radius 1 is 0.625 bits per heavy atom. The molecule has 0 heterocycles. The molecule has 0 aromatic rings. The number of amides is 2. The van der Waals surface area contributed by atoms with E-state index in [2.05, 4.69) is 0 Å². The fourth-order valence-electron chi connectivity index (χ4n) is 3.25. The zero-order valence-corrected chi connectivity index (χ0v) is 14.1. The summed E-state index contributed by atoms with van der Waals surface area (Å²) in [6, 6.07) is 0. The van der Waals surface area contributed by atoms with E-state index in [0.29, 0.717) is 25.7 Å². The standard InChI is InChI=1S/C16H30N2O6/c19-9-5-17(6-10-20)15(23)13-1-2-14(4-3-13)16(24)18(7-11-21)8-12-22/h13-14,19-22H,1-12H2. The molecule has 1 fully saturated rings. The second kappa shape index (κ2) is 11.4. The van der Waals surface area contributed by atoms with Gasteiger partial charge in [0.15, 0.2) is 0 Å². The highest BCUT2D eigenvalue weighted by molar-refractivity contribution is 5.81. The molecule has 2 amide bonds. The van der Waals surface area contributed by atoms with Gasteiger partial charge in [-0.2, -0.15) is 0 Å². The van der Waals surface area contributed by atoms with Crippen molar-refractivity contribution in [3.05, 3.63) is 0 Å². The number of rotatable bonds is 10. The number of nitrogens with zero attached hydrogens (tertiary/aromatic N) is 2. The van der Waals surface area contributed by atoms with Crippen LogP contribution in [0.3, 0.4) is 0 Å². The average molecular weight is 346 g/mol. The molecule has 1 aliphatic rings. The summed E-state index contributed by atoms with van der Waals surface area (Å²) in [6.45, 7) is 0.261. The quantitative estimate of drug-likeness (QED) is 0.379. The predicted molar refractivity (Wildman–Crippen MR) is 87.0 cm³/mol. The minimum Gasteiger partial charge on any atom is -0.395 e. The fraction of sp³-hybridized carbons (Fsp3) is 0.875. The van der Waals surface area contributed by atoms with Crippen molar-refractivity contribution in [1.82, 2.24) is 9.80 Å². The smallest absolute Gasteiger partial charge is 0.225 e. The molecule has 1 saturated carbocycles. The largest absolute Gasteiger partial charge is 0.395 e. The lowest BCUT2D eigenvalue weighted by Crippen LogP contribution is -2.44. The number of aliphatic hydroxyl groups is 4. The van der Waals surface area contributed by atoms with Gasteiger partial charge in [-0.1, -0.05) is 0 Å². The van der Waals surface area contributed by atoms with Crippen molar-refractivity contribution in [2.75, 3.05) is 52.6 Å². The second-order valence-corrected chi connectivity index (χ2v) is 6.09. The maximum Gasteiger partial charge on any atom is 0.225 e. The minimum absolute atomic E-state index is 0.0772. The van der Waals surface area contributed by atoms with Crippen LogP contribution >= 0.6 is 0 Å². The summed E-state index contributed by atoms with van der Waals surface area (Å²) in [5.41, 5.74) is 0. The van der Waals surface area contributed by atoms with Crippen molar-refractivity contribution in [2.45, 2.75) is 25.7 Å². The summed E-state index contributed by atoms with van der Waals surface area (Å²) < 4.78 is 0. The molecule has 0 saturated heterocycles. The molecule has 0 aromatic carbocycles. The van der Waals surface area contributed by atoms with E-state index in [1.54, 1.807) is 0 Å². The Balaban J connectivity index is 2.55. The minimum atomic E-state index is -0.184. The van der Waals surface area contributed by atoms with Gasteiger partial charge in [0.25, 0.3) is 0 Å². The molecular formula is C16H30N2O6. The zero-order chi connectivity index (χ0) is 17.9. The van der Waals surface area contributed by atoms with E-state index in [-0.39, 0.29) is 76.3 Å². The zero-order valence-electron chi connectivity index (χ0n) is 14.1. The fourth-order valence-corrected chi connectivity index (χ4v) is 3.25. The van der Waals surface area contributed by atoms with Crippen LogP contribution in [0.5, 0.6) is 0 Å². The summed E-state index contributed by atoms with van der Waals surface area (Å²) in [6.07, 6.45) is 2.37. The number of hydrogen-bond donors (Lipinski definition) is 4. The van der Waals surface area contributed by atoms with Crippen molar-refractivity contribution < 1.29 is 30.0 Å². The molecule has 1 aliphatic carbocycles. The van der Waals surface area contributed by atoms with Gasteiger partial charge in [0, 0.05) is 38.0 Å². The Morgan fingerprint density at radius 3 is 1.08 bits per heavy atom. The summed E-state index contributed by atoms with van der Waals surface area (Å²) in [4.78, 5) is 27.8. The van der Waals surface area contributed by atoms with Gasteiger partial charge < -0.3 is 30.2 Å². The SMILES string of the molecule is O=C(C1CCC(C(=O)N(CCO)CCO)CC1)N(CCO)CCO. The summed E-state index contributed by atoms with van der Waals surface area (Å²) in [5, 5.41) is 36.1. The van der Waals surface area contributed by atoms with Gasteiger partial charge in [-0.25, -0.2) is 0 Å². The van der Waals surface area contributed by atoms with E-state index in [4.69, 9.17) is 20.4 Å². The summed E-state index contributed by atoms with van der Waals surface area (Å²) in [7, 11) is 0. The van der Waals surface area contributed by atoms with Crippen LogP contribution in [0.4, 0.5) is 0 Å². The molecule has 8 heteroatoms. The van der Waals surface area contributed by atoms with Crippen LogP contribution < -0.4 is 0 Å². The number of aliphatic hydroxyl groups excluding tert-OH is 4. The Morgan fingerprint density at radius 2 is 0.875 bits per heavy atom. The highest BCUT2D eigenvalue weighted by atomic mass is 16.3. The lowest BCUT2D eigenvalue weighted by atomic mass is 9.80. The first-order chi connectivity index (χ1) is 11.6. The molecule has 0 unspecified atom stereocenters. The highest BCUT2D eigenvalue weighted by Crippen LogP contribution is 2.31. The maximum absolute atomic E-state index is 12.4. The monoisotopic (exact) mass is 346 g/mol. The van der Waals surface area contributed by atoms with Gasteiger partial charge in [-0.15, -0.1) is 0 Å². The highest BCUT2D eigenvalue weighted by Gasteiger charge is 2.33. The van der Waals surface area contributed by atoms with E-state index >= 15 is 0 Å². The maximum atomic E-state index is 12.4. The Hall–Kier alpha value is -1.22. The molecule has 140 valence electrons. The predicted octanol–water partition coefficient (Wildman–Crippen LogP) is -1.58. The first-order valence-corrected chi connectivity index (χ1v) is 8.60. The molecule has 8 nitrogen and oxygen atoms in total. The molecule has 4 N–H and O–H groups in total. The molecule has 0 spiro atoms. The molecule has 0 radical (unpaired) electrons. The first kappa shape index (κ1) is 20.8. The van der Waals surface area contributed by atoms with E-state index in [0.717, 1.165) is 0 Å². The van der Waals surface area contributed by atoms with Crippen molar-refractivity contribution in [3.8, 4) is 0 Å². The van der Waals surface area contributed by atoms with Crippen LogP contribution in [0.2, 0.25) is 0 Å². The van der Waals surface area contributed by atoms with Crippen LogP contribution in [0.25, 0.3) is 0 Å². The van der Waals surface area contributed by atoms with Gasteiger partial charge in [0.1, 0.15) is 0 Å². The van der Waals surface area contributed by atoms with Gasteiger partial charge in [0.2, 0.25) is 11.8 Å². The van der Waals surface area contributed by atoms with Crippen LogP contribution in [0.1, 0.15) is 25.7 Å². The van der Waals surface area contributed by atoms with E-state index in [1.165, 1.54) is 9.80 Å². The van der Waals surface area contributed by atoms with Crippen LogP contribution in [-0.2, 0) is 9.59 Å². The Labute approximate surface area is 142 Å². The van der Waals surface area contributed by atoms with Crippen LogP contribution in [-0.4, -0.2) is 94.6 Å². The van der Waals surface area contributed by atoms with E-state index in [1.807, 2.05) is 0 Å². The lowest BCUT2D eigenvalue weighted by Gasteiger charge is -2.33. The average Bonchev–Trinajstić information content (AvgIpc) is 2.60. The van der Waals surface area contributed by atoms with Crippen molar-refractivity contribution in [2.24, 2.45) is 11.8 Å². The molecule has 0 atom stereocenters. The topological polar surface area (TPSA) is 122 Å². The first-order valence-electron chi connectivity index (χ1n) is 8.60. The van der Waals surface area contributed by atoms with E-state index < -0.39 is 0 Å². The van der Waals surface area contributed by atoms with Gasteiger partial charge in [-0.3, -0.25) is 9.59 Å². The summed E-state index contributed by atoms with van der Waals surface area (Å²) in [5.74, 6) is -0.522. The molecule has 0 aliphatic heterocycles. The van der Waals surface area contributed by atoms with Gasteiger partial charge in [-0.05, 0) is 25.7 Å². The molecule has 1 rings (SSSR count). The third kappa shape index (κ3) is 6.01. The molecular weight excluding hydrogens is 316 g/mol. The van der Waals surface area contributed by atoms with Crippen molar-refractivity contribution in [1.29, 1.82) is 0 Å². The Kier molecular flexibility index (Phi) is 9.85. The third-order valence-corrected chi connectivity index (χ3v) is 4.53. The van der Waals surface area contributed by atoms with E-state index in [9.17, 15) is 9.59 Å². The Bertz CT molecular complexity index is 337. The number of hydrogen-bond acceptors (Lipinski definition) is 6. The van der Waals surface area contributed by atoms with Crippen LogP contribution in [0, 0.1) is 11.8 Å². The van der Waals surface area contributed by atoms with Crippen molar-refractivity contribution in [3.63, 3.8) is 0 Å². The number of carbonyl (C=O) groups is 2. The number of carbonyl (C=O) groups excluding carboxylic acids is 2. The summed E-state index contributed by atoms with van der Waals surface area (Å²) >= 11 is 0. The van der Waals surface area contributed by atoms with Gasteiger partial charge >= 0.3 is 0 Å². The third-order valence-electron chi connectivity index (χ3n) is 4.53. The lowest BCUT2D eigenvalue weighted by molar-refractivity contribution is -0.142. The molecule has 24 heavy (non-hydrogen) atoms. The van der Waals surface area contributed by atoms with Gasteiger partial charge in [0.05, 0.1) is 26.4 Å². The second-order valence-electron chi connectivity index (χ2n) is 6.09. The van der Waals surface area contributed by atoms with Crippen LogP contribution in [0.15, 0.2) is 0 Å². The molecule has 0 bridgehead atoms. The normalized spacial score (nSPS) is 20.7. The molecule has 0 aromatic heterocycles. The van der Waals surface area contributed by atoms with Crippen molar-refractivity contribution >= 4 is 11.8 Å².